The second kappa shape index (κ2) is 5.61. The van der Waals surface area contributed by atoms with Gasteiger partial charge >= 0.3 is 0 Å². The van der Waals surface area contributed by atoms with Crippen LogP contribution in [0.1, 0.15) is 12.8 Å². The summed E-state index contributed by atoms with van der Waals surface area (Å²) < 4.78 is 5.17. The van der Waals surface area contributed by atoms with Gasteiger partial charge in [-0.15, -0.1) is 5.10 Å². The first-order chi connectivity index (χ1) is 10.2. The van der Waals surface area contributed by atoms with Gasteiger partial charge in [-0.25, -0.2) is 0 Å². The van der Waals surface area contributed by atoms with E-state index in [1.165, 1.54) is 0 Å². The highest BCUT2D eigenvalue weighted by Crippen LogP contribution is 2.31. The van der Waals surface area contributed by atoms with Crippen molar-refractivity contribution in [1.82, 2.24) is 15.2 Å². The van der Waals surface area contributed by atoms with Crippen LogP contribution in [0, 0.1) is 0 Å². The van der Waals surface area contributed by atoms with Crippen molar-refractivity contribution in [3.63, 3.8) is 0 Å². The molecule has 0 atom stereocenters. The van der Waals surface area contributed by atoms with E-state index in [4.69, 9.17) is 10.5 Å². The van der Waals surface area contributed by atoms with Crippen LogP contribution >= 0.6 is 0 Å². The van der Waals surface area contributed by atoms with Gasteiger partial charge in [0.15, 0.2) is 5.82 Å². The zero-order chi connectivity index (χ0) is 14.8. The van der Waals surface area contributed by atoms with Gasteiger partial charge in [-0.3, -0.25) is 5.10 Å². The molecule has 0 amide bonds. The van der Waals surface area contributed by atoms with Gasteiger partial charge in [0.25, 0.3) is 0 Å². The summed E-state index contributed by atoms with van der Waals surface area (Å²) in [7, 11) is 1.58. The molecule has 0 radical (unpaired) electrons. The predicted molar refractivity (Wildman–Crippen MR) is 79.5 cm³/mol. The third-order valence-electron chi connectivity index (χ3n) is 3.75. The summed E-state index contributed by atoms with van der Waals surface area (Å²) in [4.78, 5) is 6.57. The number of phenols is 1. The van der Waals surface area contributed by atoms with E-state index in [9.17, 15) is 5.11 Å². The van der Waals surface area contributed by atoms with Crippen LogP contribution in [0.3, 0.4) is 0 Å². The lowest BCUT2D eigenvalue weighted by Gasteiger charge is -2.28. The number of aromatic amines is 1. The molecule has 0 unspecified atom stereocenters. The van der Waals surface area contributed by atoms with Crippen LogP contribution in [0.2, 0.25) is 0 Å². The number of nitrogens with one attached hydrogen (secondary N) is 1. The second-order valence-electron chi connectivity index (χ2n) is 5.19. The lowest BCUT2D eigenvalue weighted by atomic mass is 10.1. The monoisotopic (exact) mass is 289 g/mol. The zero-order valence-corrected chi connectivity index (χ0v) is 11.9. The van der Waals surface area contributed by atoms with E-state index >= 15 is 0 Å². The molecule has 7 heteroatoms. The van der Waals surface area contributed by atoms with Crippen molar-refractivity contribution in [2.75, 3.05) is 25.1 Å². The minimum Gasteiger partial charge on any atom is -0.507 e. The normalized spacial score (nSPS) is 16.2. The van der Waals surface area contributed by atoms with Crippen molar-refractivity contribution >= 4 is 5.95 Å². The maximum atomic E-state index is 9.96. The SMILES string of the molecule is COc1ccc(O)c(-c2nc(N3CCC(N)CC3)n[nH]2)c1. The molecule has 112 valence electrons. The Kier molecular flexibility index (Phi) is 3.66. The van der Waals surface area contributed by atoms with Crippen LogP contribution in [0.15, 0.2) is 18.2 Å². The number of aromatic hydroxyl groups is 1. The molecule has 1 aliphatic heterocycles. The van der Waals surface area contributed by atoms with Gasteiger partial charge in [0.2, 0.25) is 5.95 Å². The molecule has 4 N–H and O–H groups in total. The van der Waals surface area contributed by atoms with Gasteiger partial charge in [0, 0.05) is 19.1 Å². The van der Waals surface area contributed by atoms with E-state index in [1.54, 1.807) is 25.3 Å². The maximum absolute atomic E-state index is 9.96. The molecule has 1 saturated heterocycles. The standard InChI is InChI=1S/C14H19N5O2/c1-21-10-2-3-12(20)11(8-10)13-16-14(18-17-13)19-6-4-9(15)5-7-19/h2-3,8-9,20H,4-7,15H2,1H3,(H,16,17,18). The lowest BCUT2D eigenvalue weighted by molar-refractivity contribution is 0.412. The summed E-state index contributed by atoms with van der Waals surface area (Å²) in [6.07, 6.45) is 1.88. The number of ether oxygens (including phenoxy) is 1. The maximum Gasteiger partial charge on any atom is 0.245 e. The van der Waals surface area contributed by atoms with E-state index in [0.717, 1.165) is 25.9 Å². The van der Waals surface area contributed by atoms with Gasteiger partial charge < -0.3 is 20.5 Å². The van der Waals surface area contributed by atoms with Gasteiger partial charge in [-0.1, -0.05) is 0 Å². The molecular weight excluding hydrogens is 270 g/mol. The largest absolute Gasteiger partial charge is 0.507 e. The van der Waals surface area contributed by atoms with E-state index < -0.39 is 0 Å². The molecule has 3 rings (SSSR count). The number of aromatic nitrogens is 3. The molecule has 7 nitrogen and oxygen atoms in total. The molecular formula is C14H19N5O2. The number of hydrogen-bond donors (Lipinski definition) is 3. The van der Waals surface area contributed by atoms with Crippen LogP contribution in [0.5, 0.6) is 11.5 Å². The Labute approximate surface area is 122 Å². The van der Waals surface area contributed by atoms with Crippen LogP contribution in [-0.2, 0) is 0 Å². The predicted octanol–water partition coefficient (Wildman–Crippen LogP) is 1.11. The second-order valence-corrected chi connectivity index (χ2v) is 5.19. The molecule has 1 aromatic carbocycles. The first-order valence-corrected chi connectivity index (χ1v) is 6.97. The molecule has 0 spiro atoms. The number of H-pyrrole nitrogens is 1. The Morgan fingerprint density at radius 1 is 1.38 bits per heavy atom. The molecule has 1 fully saturated rings. The summed E-state index contributed by atoms with van der Waals surface area (Å²) in [6, 6.07) is 5.27. The Bertz CT molecular complexity index is 620. The van der Waals surface area contributed by atoms with Gasteiger partial charge in [-0.05, 0) is 31.0 Å². The number of nitrogens with two attached hydrogens (primary N) is 1. The summed E-state index contributed by atoms with van der Waals surface area (Å²) in [5.41, 5.74) is 6.47. The van der Waals surface area contributed by atoms with E-state index in [2.05, 4.69) is 20.1 Å². The first kappa shape index (κ1) is 13.7. The number of rotatable bonds is 3. The number of piperidine rings is 1. The first-order valence-electron chi connectivity index (χ1n) is 6.97. The number of phenolic OH excluding ortho intramolecular Hbond substituents is 1. The number of methoxy groups -OCH3 is 1. The number of anilines is 1. The van der Waals surface area contributed by atoms with E-state index in [0.29, 0.717) is 23.1 Å². The zero-order valence-electron chi connectivity index (χ0n) is 11.9. The summed E-state index contributed by atoms with van der Waals surface area (Å²) in [6.45, 7) is 1.70. The topological polar surface area (TPSA) is 100 Å². The fraction of sp³-hybridized carbons (Fsp3) is 0.429. The number of benzene rings is 1. The lowest BCUT2D eigenvalue weighted by Crippen LogP contribution is -2.40. The Morgan fingerprint density at radius 3 is 2.86 bits per heavy atom. The summed E-state index contributed by atoms with van der Waals surface area (Å²) in [5.74, 6) is 1.96. The molecule has 2 aromatic rings. The third-order valence-corrected chi connectivity index (χ3v) is 3.75. The van der Waals surface area contributed by atoms with Crippen molar-refractivity contribution in [2.45, 2.75) is 18.9 Å². The van der Waals surface area contributed by atoms with Crippen LogP contribution in [0.25, 0.3) is 11.4 Å². The Hall–Kier alpha value is -2.28. The van der Waals surface area contributed by atoms with Gasteiger partial charge in [0.1, 0.15) is 11.5 Å². The number of nitrogens with zero attached hydrogens (tertiary/aromatic N) is 3. The minimum atomic E-state index is 0.138. The van der Waals surface area contributed by atoms with Crippen molar-refractivity contribution in [3.05, 3.63) is 18.2 Å². The summed E-state index contributed by atoms with van der Waals surface area (Å²) in [5, 5.41) is 17.1. The molecule has 0 bridgehead atoms. The molecule has 1 aliphatic rings. The van der Waals surface area contributed by atoms with E-state index in [-0.39, 0.29) is 11.8 Å². The van der Waals surface area contributed by atoms with Crippen LogP contribution in [0.4, 0.5) is 5.95 Å². The highest BCUT2D eigenvalue weighted by Gasteiger charge is 2.20. The fourth-order valence-electron chi connectivity index (χ4n) is 2.45. The Balaban J connectivity index is 1.85. The van der Waals surface area contributed by atoms with Crippen LogP contribution in [-0.4, -0.2) is 46.5 Å². The highest BCUT2D eigenvalue weighted by atomic mass is 16.5. The summed E-state index contributed by atoms with van der Waals surface area (Å²) >= 11 is 0. The van der Waals surface area contributed by atoms with Gasteiger partial charge in [0.05, 0.1) is 12.7 Å². The third kappa shape index (κ3) is 2.78. The van der Waals surface area contributed by atoms with Gasteiger partial charge in [-0.2, -0.15) is 4.98 Å². The number of hydrogen-bond acceptors (Lipinski definition) is 6. The van der Waals surface area contributed by atoms with Crippen molar-refractivity contribution in [2.24, 2.45) is 5.73 Å². The van der Waals surface area contributed by atoms with Crippen molar-refractivity contribution in [3.8, 4) is 22.9 Å². The fourth-order valence-corrected chi connectivity index (χ4v) is 2.45. The van der Waals surface area contributed by atoms with E-state index in [1.807, 2.05) is 0 Å². The quantitative estimate of drug-likeness (QED) is 0.782. The molecule has 2 heterocycles. The van der Waals surface area contributed by atoms with Crippen molar-refractivity contribution < 1.29 is 9.84 Å². The smallest absolute Gasteiger partial charge is 0.245 e. The van der Waals surface area contributed by atoms with Crippen molar-refractivity contribution in [1.29, 1.82) is 0 Å². The average Bonchev–Trinajstić information content (AvgIpc) is 2.98. The molecule has 21 heavy (non-hydrogen) atoms. The molecule has 1 aromatic heterocycles. The average molecular weight is 289 g/mol. The Morgan fingerprint density at radius 2 is 2.14 bits per heavy atom. The molecule has 0 saturated carbocycles. The molecule has 0 aliphatic carbocycles. The van der Waals surface area contributed by atoms with Crippen LogP contribution < -0.4 is 15.4 Å². The highest BCUT2D eigenvalue weighted by molar-refractivity contribution is 5.66. The minimum absolute atomic E-state index is 0.138.